The van der Waals surface area contributed by atoms with Gasteiger partial charge in [0.05, 0.1) is 29.3 Å². The molecule has 0 atom stereocenters. The maximum absolute atomic E-state index is 13.8. The van der Waals surface area contributed by atoms with Crippen LogP contribution in [0.2, 0.25) is 0 Å². The Balaban J connectivity index is 1.69. The molecular formula is C25H25F5N4O. The van der Waals surface area contributed by atoms with Gasteiger partial charge in [0.2, 0.25) is 5.92 Å². The third kappa shape index (κ3) is 4.38. The van der Waals surface area contributed by atoms with Gasteiger partial charge in [0, 0.05) is 36.3 Å². The van der Waals surface area contributed by atoms with Crippen molar-refractivity contribution in [3.8, 4) is 11.1 Å². The van der Waals surface area contributed by atoms with Gasteiger partial charge in [0.25, 0.3) is 0 Å². The molecule has 0 unspecified atom stereocenters. The Bertz CT molecular complexity index is 1390. The van der Waals surface area contributed by atoms with E-state index in [9.17, 15) is 22.0 Å². The van der Waals surface area contributed by atoms with E-state index < -0.39 is 18.5 Å². The van der Waals surface area contributed by atoms with Crippen molar-refractivity contribution in [1.29, 1.82) is 0 Å². The van der Waals surface area contributed by atoms with E-state index in [-0.39, 0.29) is 38.1 Å². The number of aryl methyl sites for hydroxylation is 4. The first-order chi connectivity index (χ1) is 16.4. The maximum Gasteiger partial charge on any atom is 0.390 e. The summed E-state index contributed by atoms with van der Waals surface area (Å²) in [6.07, 6.45) is -4.06. The molecule has 186 valence electrons. The molecule has 0 aliphatic heterocycles. The van der Waals surface area contributed by atoms with Crippen LogP contribution >= 0.6 is 0 Å². The first-order valence-corrected chi connectivity index (χ1v) is 11.6. The highest BCUT2D eigenvalue weighted by Crippen LogP contribution is 2.42. The van der Waals surface area contributed by atoms with E-state index in [1.54, 1.807) is 10.8 Å². The molecule has 1 aromatic carbocycles. The molecule has 0 bridgehead atoms. The predicted molar refractivity (Wildman–Crippen MR) is 122 cm³/mol. The van der Waals surface area contributed by atoms with Crippen LogP contribution in [0.15, 0.2) is 22.9 Å². The van der Waals surface area contributed by atoms with Gasteiger partial charge in [0.1, 0.15) is 17.1 Å². The van der Waals surface area contributed by atoms with Crippen LogP contribution in [0.3, 0.4) is 0 Å². The lowest BCUT2D eigenvalue weighted by Crippen LogP contribution is -2.25. The number of imidazole rings is 1. The summed E-state index contributed by atoms with van der Waals surface area (Å²) < 4.78 is 74.1. The van der Waals surface area contributed by atoms with Crippen molar-refractivity contribution in [2.75, 3.05) is 0 Å². The van der Waals surface area contributed by atoms with Gasteiger partial charge >= 0.3 is 6.18 Å². The van der Waals surface area contributed by atoms with E-state index in [0.717, 1.165) is 22.4 Å². The fourth-order valence-corrected chi connectivity index (χ4v) is 5.20. The van der Waals surface area contributed by atoms with Crippen LogP contribution in [0.1, 0.15) is 60.9 Å². The van der Waals surface area contributed by atoms with E-state index >= 15 is 0 Å². The molecule has 1 saturated carbocycles. The molecule has 0 N–H and O–H groups in total. The number of fused-ring (bicyclic) bond motifs is 3. The smallest absolute Gasteiger partial charge is 0.361 e. The van der Waals surface area contributed by atoms with E-state index in [4.69, 9.17) is 4.52 Å². The highest BCUT2D eigenvalue weighted by atomic mass is 19.4. The average molecular weight is 492 g/mol. The van der Waals surface area contributed by atoms with Crippen molar-refractivity contribution in [1.82, 2.24) is 19.7 Å². The number of benzene rings is 1. The van der Waals surface area contributed by atoms with Crippen LogP contribution < -0.4 is 0 Å². The van der Waals surface area contributed by atoms with Gasteiger partial charge in [-0.2, -0.15) is 13.2 Å². The van der Waals surface area contributed by atoms with Crippen LogP contribution in [0.25, 0.3) is 33.1 Å². The Morgan fingerprint density at radius 1 is 1.09 bits per heavy atom. The molecule has 35 heavy (non-hydrogen) atoms. The number of alkyl halides is 5. The number of pyridine rings is 1. The lowest BCUT2D eigenvalue weighted by atomic mass is 9.86. The molecule has 5 rings (SSSR count). The first-order valence-electron chi connectivity index (χ1n) is 11.6. The standard InChI is InChI=1S/C25H25F5N4O/c1-13-10-18-19(11-17(13)21-14(2)33-35-15(21)3)31-12-20-22(18)34(9-8-25(28,29)30)23(32-20)16-4-6-24(26,27)7-5-16/h10-12,16H,4-9H2,1-3H3. The minimum Gasteiger partial charge on any atom is -0.361 e. The van der Waals surface area contributed by atoms with Gasteiger partial charge in [-0.05, 0) is 56.9 Å². The second kappa shape index (κ2) is 8.27. The zero-order valence-electron chi connectivity index (χ0n) is 19.6. The van der Waals surface area contributed by atoms with Gasteiger partial charge in [-0.1, -0.05) is 5.16 Å². The molecule has 1 aliphatic carbocycles. The summed E-state index contributed by atoms with van der Waals surface area (Å²) in [6, 6.07) is 3.79. The summed E-state index contributed by atoms with van der Waals surface area (Å²) in [7, 11) is 0. The third-order valence-electron chi connectivity index (χ3n) is 6.95. The van der Waals surface area contributed by atoms with Crippen LogP contribution in [0.5, 0.6) is 0 Å². The lowest BCUT2D eigenvalue weighted by Gasteiger charge is -2.28. The quantitative estimate of drug-likeness (QED) is 0.278. The molecule has 0 saturated heterocycles. The molecule has 1 fully saturated rings. The summed E-state index contributed by atoms with van der Waals surface area (Å²) in [5, 5.41) is 4.70. The number of aromatic nitrogens is 4. The molecule has 4 aromatic rings. The third-order valence-corrected chi connectivity index (χ3v) is 6.95. The largest absolute Gasteiger partial charge is 0.390 e. The van der Waals surface area contributed by atoms with Crippen LogP contribution in [0, 0.1) is 20.8 Å². The van der Waals surface area contributed by atoms with Gasteiger partial charge in [-0.15, -0.1) is 0 Å². The number of hydrogen-bond acceptors (Lipinski definition) is 4. The van der Waals surface area contributed by atoms with Crippen molar-refractivity contribution in [3.05, 3.63) is 41.2 Å². The minimum atomic E-state index is -4.36. The summed E-state index contributed by atoms with van der Waals surface area (Å²) in [5.74, 6) is -1.97. The zero-order chi connectivity index (χ0) is 25.1. The highest BCUT2D eigenvalue weighted by molar-refractivity contribution is 6.04. The fourth-order valence-electron chi connectivity index (χ4n) is 5.20. The van der Waals surface area contributed by atoms with Crippen molar-refractivity contribution in [2.45, 2.75) is 77.4 Å². The van der Waals surface area contributed by atoms with Gasteiger partial charge < -0.3 is 9.09 Å². The molecule has 3 aromatic heterocycles. The fraction of sp³-hybridized carbons (Fsp3) is 0.480. The van der Waals surface area contributed by atoms with Crippen LogP contribution in [-0.4, -0.2) is 31.8 Å². The summed E-state index contributed by atoms with van der Waals surface area (Å²) in [4.78, 5) is 9.17. The van der Waals surface area contributed by atoms with E-state index in [1.165, 1.54) is 0 Å². The minimum absolute atomic E-state index is 0.183. The molecule has 0 radical (unpaired) electrons. The molecule has 0 spiro atoms. The summed E-state index contributed by atoms with van der Waals surface area (Å²) in [5.41, 5.74) is 5.00. The Labute approximate surface area is 198 Å². The number of nitrogens with zero attached hydrogens (tertiary/aromatic N) is 4. The molecule has 3 heterocycles. The number of hydrogen-bond donors (Lipinski definition) is 0. The van der Waals surface area contributed by atoms with Gasteiger partial charge in [-0.3, -0.25) is 4.98 Å². The highest BCUT2D eigenvalue weighted by Gasteiger charge is 2.38. The van der Waals surface area contributed by atoms with Gasteiger partial charge in [-0.25, -0.2) is 13.8 Å². The Morgan fingerprint density at radius 2 is 1.80 bits per heavy atom. The topological polar surface area (TPSA) is 56.7 Å². The van der Waals surface area contributed by atoms with E-state index in [1.807, 2.05) is 32.9 Å². The molecule has 10 heteroatoms. The van der Waals surface area contributed by atoms with Crippen LogP contribution in [-0.2, 0) is 6.54 Å². The molecule has 5 nitrogen and oxygen atoms in total. The Hall–Kier alpha value is -3.04. The van der Waals surface area contributed by atoms with E-state index in [2.05, 4.69) is 15.1 Å². The van der Waals surface area contributed by atoms with Crippen molar-refractivity contribution in [2.24, 2.45) is 0 Å². The van der Waals surface area contributed by atoms with Crippen molar-refractivity contribution >= 4 is 21.9 Å². The number of halogens is 5. The second-order valence-electron chi connectivity index (χ2n) is 9.49. The lowest BCUT2D eigenvalue weighted by molar-refractivity contribution is -0.136. The number of rotatable bonds is 4. The molecule has 1 aliphatic rings. The molecular weight excluding hydrogens is 467 g/mol. The Morgan fingerprint density at radius 3 is 2.43 bits per heavy atom. The zero-order valence-corrected chi connectivity index (χ0v) is 19.6. The van der Waals surface area contributed by atoms with Gasteiger partial charge in [0.15, 0.2) is 0 Å². The van der Waals surface area contributed by atoms with Crippen molar-refractivity contribution < 1.29 is 26.5 Å². The maximum atomic E-state index is 13.8. The molecule has 0 amide bonds. The Kier molecular flexibility index (Phi) is 5.60. The summed E-state index contributed by atoms with van der Waals surface area (Å²) >= 11 is 0. The van der Waals surface area contributed by atoms with Crippen LogP contribution in [0.4, 0.5) is 22.0 Å². The van der Waals surface area contributed by atoms with Crippen molar-refractivity contribution in [3.63, 3.8) is 0 Å². The second-order valence-corrected chi connectivity index (χ2v) is 9.49. The monoisotopic (exact) mass is 492 g/mol. The first kappa shape index (κ1) is 23.7. The predicted octanol–water partition coefficient (Wildman–Crippen LogP) is 7.41. The van der Waals surface area contributed by atoms with E-state index in [0.29, 0.717) is 33.5 Å². The average Bonchev–Trinajstić information content (AvgIpc) is 3.31. The SMILES string of the molecule is Cc1cc2c(cc1-c1c(C)noc1C)ncc1nc(C3CCC(F)(F)CC3)n(CCC(F)(F)F)c12. The normalized spacial score (nSPS) is 17.0. The summed E-state index contributed by atoms with van der Waals surface area (Å²) in [6.45, 7) is 5.26.